The normalized spacial score (nSPS) is 17.3. The maximum Gasteiger partial charge on any atom is 0.123 e. The number of carbonyl (C=O) groups is 1. The van der Waals surface area contributed by atoms with Crippen molar-refractivity contribution in [2.75, 3.05) is 6.61 Å². The Bertz CT molecular complexity index is 326. The molecule has 1 fully saturated rings. The van der Waals surface area contributed by atoms with Crippen LogP contribution in [0.25, 0.3) is 0 Å². The summed E-state index contributed by atoms with van der Waals surface area (Å²) in [6, 6.07) is 0. The van der Waals surface area contributed by atoms with Gasteiger partial charge in [-0.1, -0.05) is 97.8 Å². The van der Waals surface area contributed by atoms with Crippen LogP contribution in [0.3, 0.4) is 0 Å². The Morgan fingerprint density at radius 2 is 1.31 bits per heavy atom. The first kappa shape index (κ1) is 23.7. The van der Waals surface area contributed by atoms with Crippen molar-refractivity contribution >= 4 is 6.29 Å². The lowest BCUT2D eigenvalue weighted by Crippen LogP contribution is -2.21. The van der Waals surface area contributed by atoms with Gasteiger partial charge in [-0.05, 0) is 31.1 Å². The molecule has 1 unspecified atom stereocenters. The van der Waals surface area contributed by atoms with E-state index in [2.05, 4.69) is 20.8 Å². The van der Waals surface area contributed by atoms with Crippen molar-refractivity contribution in [3.63, 3.8) is 0 Å². The van der Waals surface area contributed by atoms with Gasteiger partial charge in [-0.15, -0.1) is 0 Å². The molecule has 0 aromatic carbocycles. The minimum atomic E-state index is 0.128. The van der Waals surface area contributed by atoms with Gasteiger partial charge in [0, 0.05) is 12.5 Å². The first-order chi connectivity index (χ1) is 12.5. The van der Waals surface area contributed by atoms with Gasteiger partial charge in [-0.25, -0.2) is 0 Å². The molecule has 2 heteroatoms. The molecule has 0 aliphatic heterocycles. The molecule has 0 heterocycles. The fourth-order valence-electron chi connectivity index (χ4n) is 4.07. The number of unbranched alkanes of at least 4 members (excludes halogenated alkanes) is 9. The molecule has 0 aromatic heterocycles. The summed E-state index contributed by atoms with van der Waals surface area (Å²) in [5, 5.41) is 0. The largest absolute Gasteiger partial charge is 0.378 e. The van der Waals surface area contributed by atoms with Crippen LogP contribution in [0.15, 0.2) is 0 Å². The van der Waals surface area contributed by atoms with E-state index >= 15 is 0 Å². The van der Waals surface area contributed by atoms with Crippen LogP contribution < -0.4 is 0 Å². The van der Waals surface area contributed by atoms with Gasteiger partial charge in [0.25, 0.3) is 0 Å². The van der Waals surface area contributed by atoms with E-state index < -0.39 is 0 Å². The van der Waals surface area contributed by atoms with E-state index in [-0.39, 0.29) is 11.3 Å². The highest BCUT2D eigenvalue weighted by molar-refractivity contribution is 5.54. The van der Waals surface area contributed by atoms with Crippen LogP contribution in [0, 0.1) is 11.3 Å². The van der Waals surface area contributed by atoms with Crippen LogP contribution in [0.5, 0.6) is 0 Å². The smallest absolute Gasteiger partial charge is 0.123 e. The van der Waals surface area contributed by atoms with Crippen LogP contribution in [0.1, 0.15) is 124 Å². The van der Waals surface area contributed by atoms with Gasteiger partial charge in [0.05, 0.1) is 6.10 Å². The van der Waals surface area contributed by atoms with Crippen LogP contribution in [-0.4, -0.2) is 19.0 Å². The molecule has 1 saturated carbocycles. The molecular formula is C24H46O2. The molecule has 0 aromatic rings. The first-order valence-electron chi connectivity index (χ1n) is 11.6. The van der Waals surface area contributed by atoms with E-state index in [0.717, 1.165) is 13.0 Å². The average Bonchev–Trinajstić information content (AvgIpc) is 2.62. The molecule has 0 saturated heterocycles. The Morgan fingerprint density at radius 1 is 0.808 bits per heavy atom. The number of hydrogen-bond donors (Lipinski definition) is 0. The Labute approximate surface area is 163 Å². The topological polar surface area (TPSA) is 26.3 Å². The van der Waals surface area contributed by atoms with E-state index in [1.54, 1.807) is 0 Å². The van der Waals surface area contributed by atoms with E-state index in [1.807, 2.05) is 0 Å². The van der Waals surface area contributed by atoms with Gasteiger partial charge in [-0.3, -0.25) is 0 Å². The lowest BCUT2D eigenvalue weighted by molar-refractivity contribution is -0.114. The lowest BCUT2D eigenvalue weighted by atomic mass is 9.79. The molecule has 154 valence electrons. The molecule has 26 heavy (non-hydrogen) atoms. The summed E-state index contributed by atoms with van der Waals surface area (Å²) in [4.78, 5) is 11.2. The number of hydrogen-bond acceptors (Lipinski definition) is 2. The standard InChI is InChI=1S/C24H46O2/c1-24(2,3)22(21-25)17-13-10-8-6-4-5-7-9-11-16-20-26-23-18-14-12-15-19-23/h21-23H,4-20H2,1-3H3. The lowest BCUT2D eigenvalue weighted by Gasteiger charge is -2.25. The zero-order valence-corrected chi connectivity index (χ0v) is 18.1. The third kappa shape index (κ3) is 12.1. The van der Waals surface area contributed by atoms with Gasteiger partial charge in [0.15, 0.2) is 0 Å². The monoisotopic (exact) mass is 366 g/mol. The highest BCUT2D eigenvalue weighted by Crippen LogP contribution is 2.28. The number of ether oxygens (including phenoxy) is 1. The number of aldehydes is 1. The Balaban J connectivity index is 1.78. The number of rotatable bonds is 15. The van der Waals surface area contributed by atoms with Crippen molar-refractivity contribution in [2.24, 2.45) is 11.3 Å². The van der Waals surface area contributed by atoms with Crippen LogP contribution >= 0.6 is 0 Å². The molecule has 0 N–H and O–H groups in total. The van der Waals surface area contributed by atoms with Gasteiger partial charge in [0.2, 0.25) is 0 Å². The van der Waals surface area contributed by atoms with E-state index in [1.165, 1.54) is 103 Å². The first-order valence-corrected chi connectivity index (χ1v) is 11.6. The summed E-state index contributed by atoms with van der Waals surface area (Å²) in [6.45, 7) is 7.51. The molecule has 1 aliphatic rings. The highest BCUT2D eigenvalue weighted by atomic mass is 16.5. The van der Waals surface area contributed by atoms with Crippen molar-refractivity contribution in [3.8, 4) is 0 Å². The van der Waals surface area contributed by atoms with Crippen molar-refractivity contribution < 1.29 is 9.53 Å². The summed E-state index contributed by atoms with van der Waals surface area (Å²) in [7, 11) is 0. The second kappa shape index (κ2) is 14.7. The summed E-state index contributed by atoms with van der Waals surface area (Å²) in [5.41, 5.74) is 0.128. The maximum atomic E-state index is 11.2. The second-order valence-corrected chi connectivity index (χ2v) is 9.56. The van der Waals surface area contributed by atoms with E-state index in [9.17, 15) is 4.79 Å². The molecule has 1 rings (SSSR count). The third-order valence-corrected chi connectivity index (χ3v) is 6.09. The Morgan fingerprint density at radius 3 is 1.81 bits per heavy atom. The predicted molar refractivity (Wildman–Crippen MR) is 113 cm³/mol. The zero-order chi connectivity index (χ0) is 19.1. The zero-order valence-electron chi connectivity index (χ0n) is 18.1. The van der Waals surface area contributed by atoms with E-state index in [0.29, 0.717) is 6.10 Å². The van der Waals surface area contributed by atoms with Gasteiger partial charge in [0.1, 0.15) is 6.29 Å². The highest BCUT2D eigenvalue weighted by Gasteiger charge is 2.23. The molecule has 0 amide bonds. The van der Waals surface area contributed by atoms with Gasteiger partial charge in [-0.2, -0.15) is 0 Å². The van der Waals surface area contributed by atoms with Crippen LogP contribution in [0.4, 0.5) is 0 Å². The molecule has 1 aliphatic carbocycles. The SMILES string of the molecule is CC(C)(C)C(C=O)CCCCCCCCCCCCOC1CCCCC1. The molecule has 2 nitrogen and oxygen atoms in total. The van der Waals surface area contributed by atoms with Crippen molar-refractivity contribution in [1.82, 2.24) is 0 Å². The summed E-state index contributed by atoms with van der Waals surface area (Å²) >= 11 is 0. The minimum Gasteiger partial charge on any atom is -0.378 e. The second-order valence-electron chi connectivity index (χ2n) is 9.56. The molecule has 0 radical (unpaired) electrons. The maximum absolute atomic E-state index is 11.2. The van der Waals surface area contributed by atoms with Gasteiger partial charge < -0.3 is 9.53 Å². The third-order valence-electron chi connectivity index (χ3n) is 6.09. The average molecular weight is 367 g/mol. The fraction of sp³-hybridized carbons (Fsp3) is 0.958. The summed E-state index contributed by atoms with van der Waals surface area (Å²) < 4.78 is 5.99. The molecular weight excluding hydrogens is 320 g/mol. The number of carbonyl (C=O) groups excluding carboxylic acids is 1. The van der Waals surface area contributed by atoms with Crippen molar-refractivity contribution in [2.45, 2.75) is 130 Å². The molecule has 0 bridgehead atoms. The fourth-order valence-corrected chi connectivity index (χ4v) is 4.07. The van der Waals surface area contributed by atoms with Crippen molar-refractivity contribution in [3.05, 3.63) is 0 Å². The summed E-state index contributed by atoms with van der Waals surface area (Å²) in [5.74, 6) is 0.226. The van der Waals surface area contributed by atoms with Crippen LogP contribution in [-0.2, 0) is 9.53 Å². The predicted octanol–water partition coefficient (Wildman–Crippen LogP) is 7.49. The van der Waals surface area contributed by atoms with Crippen LogP contribution in [0.2, 0.25) is 0 Å². The van der Waals surface area contributed by atoms with E-state index in [4.69, 9.17) is 4.74 Å². The summed E-state index contributed by atoms with van der Waals surface area (Å²) in [6.07, 6.45) is 22.9. The molecule has 0 spiro atoms. The Kier molecular flexibility index (Phi) is 13.3. The van der Waals surface area contributed by atoms with Crippen molar-refractivity contribution in [1.29, 1.82) is 0 Å². The quantitative estimate of drug-likeness (QED) is 0.222. The Hall–Kier alpha value is -0.370. The van der Waals surface area contributed by atoms with Gasteiger partial charge >= 0.3 is 0 Å². The minimum absolute atomic E-state index is 0.128. The molecule has 1 atom stereocenters.